The molecule has 1 amide bonds. The summed E-state index contributed by atoms with van der Waals surface area (Å²) >= 11 is 5.89. The van der Waals surface area contributed by atoms with Gasteiger partial charge in [0.1, 0.15) is 22.2 Å². The number of nitrogens with zero attached hydrogens (tertiary/aromatic N) is 4. The monoisotopic (exact) mass is 388 g/mol. The lowest BCUT2D eigenvalue weighted by molar-refractivity contribution is 0.0524. The van der Waals surface area contributed by atoms with Gasteiger partial charge < -0.3 is 14.5 Å². The molecule has 0 N–H and O–H groups in total. The van der Waals surface area contributed by atoms with Crippen LogP contribution in [0.2, 0.25) is 5.15 Å². The molecule has 0 aromatic carbocycles. The van der Waals surface area contributed by atoms with Crippen molar-refractivity contribution in [2.45, 2.75) is 19.9 Å². The molecule has 2 aromatic rings. The summed E-state index contributed by atoms with van der Waals surface area (Å²) in [6.07, 6.45) is 2.26. The number of halogens is 1. The van der Waals surface area contributed by atoms with Crippen LogP contribution in [-0.4, -0.2) is 54.0 Å². The van der Waals surface area contributed by atoms with E-state index in [1.165, 1.54) is 0 Å². The second kappa shape index (κ2) is 7.92. The van der Waals surface area contributed by atoms with Gasteiger partial charge in [-0.25, -0.2) is 14.8 Å². The van der Waals surface area contributed by atoms with Gasteiger partial charge in [-0.15, -0.1) is 0 Å². The number of aromatic nitrogens is 2. The minimum atomic E-state index is -0.387. The number of amides is 1. The summed E-state index contributed by atoms with van der Waals surface area (Å²) in [6, 6.07) is 4.97. The maximum absolute atomic E-state index is 12.7. The van der Waals surface area contributed by atoms with Gasteiger partial charge in [0.2, 0.25) is 0 Å². The minimum Gasteiger partial charge on any atom is -0.462 e. The number of rotatable bonds is 4. The largest absolute Gasteiger partial charge is 0.462 e. The molecule has 0 saturated heterocycles. The number of esters is 1. The Hall–Kier alpha value is -2.67. The maximum atomic E-state index is 12.7. The molecule has 3 heterocycles. The van der Waals surface area contributed by atoms with Crippen molar-refractivity contribution in [1.82, 2.24) is 14.9 Å². The Labute approximate surface area is 162 Å². The summed E-state index contributed by atoms with van der Waals surface area (Å²) in [5.41, 5.74) is 2.50. The summed E-state index contributed by atoms with van der Waals surface area (Å²) in [7, 11) is 3.67. The van der Waals surface area contributed by atoms with Crippen LogP contribution in [0.5, 0.6) is 0 Å². The molecule has 0 atom stereocenters. The fourth-order valence-electron chi connectivity index (χ4n) is 3.15. The average Bonchev–Trinajstić information content (AvgIpc) is 2.66. The number of carbonyl (C=O) groups is 2. The molecule has 1 aliphatic heterocycles. The van der Waals surface area contributed by atoms with Crippen molar-refractivity contribution >= 4 is 29.3 Å². The van der Waals surface area contributed by atoms with E-state index in [1.807, 2.05) is 14.1 Å². The van der Waals surface area contributed by atoms with Crippen molar-refractivity contribution in [2.24, 2.45) is 0 Å². The standard InChI is InChI=1S/C19H21ClN4O3/c1-4-27-19(26)16-13-8-9-24(11-12(13)10-21-17(16)23(2)3)18(25)14-6-5-7-15(20)22-14/h5-7,10H,4,8-9,11H2,1-3H3. The van der Waals surface area contributed by atoms with Crippen LogP contribution in [0.3, 0.4) is 0 Å². The maximum Gasteiger partial charge on any atom is 0.342 e. The Balaban J connectivity index is 1.93. The highest BCUT2D eigenvalue weighted by Gasteiger charge is 2.29. The zero-order valence-corrected chi connectivity index (χ0v) is 16.3. The van der Waals surface area contributed by atoms with Crippen LogP contribution in [0.25, 0.3) is 0 Å². The Bertz CT molecular complexity index is 885. The van der Waals surface area contributed by atoms with E-state index in [4.69, 9.17) is 16.3 Å². The second-order valence-electron chi connectivity index (χ2n) is 6.40. The third-order valence-electron chi connectivity index (χ3n) is 4.37. The van der Waals surface area contributed by atoms with Gasteiger partial charge in [0, 0.05) is 33.4 Å². The molecule has 2 aromatic heterocycles. The van der Waals surface area contributed by atoms with Crippen molar-refractivity contribution < 1.29 is 14.3 Å². The van der Waals surface area contributed by atoms with Crippen molar-refractivity contribution in [3.05, 3.63) is 51.9 Å². The summed E-state index contributed by atoms with van der Waals surface area (Å²) < 4.78 is 5.23. The van der Waals surface area contributed by atoms with E-state index in [9.17, 15) is 9.59 Å². The summed E-state index contributed by atoms with van der Waals surface area (Å²) in [5.74, 6) is -0.0113. The topological polar surface area (TPSA) is 75.6 Å². The third kappa shape index (κ3) is 3.88. The lowest BCUT2D eigenvalue weighted by Gasteiger charge is -2.30. The quantitative estimate of drug-likeness (QED) is 0.592. The third-order valence-corrected chi connectivity index (χ3v) is 4.58. The molecule has 0 saturated carbocycles. The normalized spacial score (nSPS) is 13.1. The Kier molecular flexibility index (Phi) is 5.60. The van der Waals surface area contributed by atoms with E-state index >= 15 is 0 Å². The fraction of sp³-hybridized carbons (Fsp3) is 0.368. The van der Waals surface area contributed by atoms with Crippen molar-refractivity contribution in [3.8, 4) is 0 Å². The number of carbonyl (C=O) groups excluding carboxylic acids is 2. The molecule has 27 heavy (non-hydrogen) atoms. The highest BCUT2D eigenvalue weighted by atomic mass is 35.5. The molecule has 0 radical (unpaired) electrons. The van der Waals surface area contributed by atoms with Crippen LogP contribution in [0.4, 0.5) is 5.82 Å². The van der Waals surface area contributed by atoms with Gasteiger partial charge >= 0.3 is 5.97 Å². The predicted molar refractivity (Wildman–Crippen MR) is 102 cm³/mol. The first kappa shape index (κ1) is 19.1. The van der Waals surface area contributed by atoms with E-state index in [0.29, 0.717) is 43.2 Å². The molecule has 0 aliphatic carbocycles. The zero-order chi connectivity index (χ0) is 19.6. The number of hydrogen-bond donors (Lipinski definition) is 0. The number of ether oxygens (including phenoxy) is 1. The zero-order valence-electron chi connectivity index (χ0n) is 15.5. The second-order valence-corrected chi connectivity index (χ2v) is 6.79. The van der Waals surface area contributed by atoms with Crippen LogP contribution in [-0.2, 0) is 17.7 Å². The molecule has 8 heteroatoms. The van der Waals surface area contributed by atoms with Crippen LogP contribution in [0.15, 0.2) is 24.4 Å². The van der Waals surface area contributed by atoms with Crippen molar-refractivity contribution in [3.63, 3.8) is 0 Å². The smallest absolute Gasteiger partial charge is 0.342 e. The highest BCUT2D eigenvalue weighted by molar-refractivity contribution is 6.29. The summed E-state index contributed by atoms with van der Waals surface area (Å²) in [5, 5.41) is 0.278. The SMILES string of the molecule is CCOC(=O)c1c(N(C)C)ncc2c1CCN(C(=O)c1cccc(Cl)n1)C2. The van der Waals surface area contributed by atoms with Crippen LogP contribution < -0.4 is 4.90 Å². The first-order valence-electron chi connectivity index (χ1n) is 8.69. The molecular weight excluding hydrogens is 368 g/mol. The van der Waals surface area contributed by atoms with Gasteiger partial charge in [-0.1, -0.05) is 17.7 Å². The highest BCUT2D eigenvalue weighted by Crippen LogP contribution is 2.29. The molecule has 0 bridgehead atoms. The van der Waals surface area contributed by atoms with E-state index in [-0.39, 0.29) is 17.0 Å². The van der Waals surface area contributed by atoms with E-state index in [1.54, 1.807) is 41.1 Å². The van der Waals surface area contributed by atoms with Crippen LogP contribution >= 0.6 is 11.6 Å². The number of hydrogen-bond acceptors (Lipinski definition) is 6. The van der Waals surface area contributed by atoms with Gasteiger partial charge in [0.15, 0.2) is 0 Å². The Morgan fingerprint density at radius 1 is 1.33 bits per heavy atom. The number of anilines is 1. The van der Waals surface area contributed by atoms with Gasteiger partial charge in [-0.3, -0.25) is 4.79 Å². The Morgan fingerprint density at radius 2 is 2.11 bits per heavy atom. The molecule has 142 valence electrons. The lowest BCUT2D eigenvalue weighted by Crippen LogP contribution is -2.37. The molecular formula is C19H21ClN4O3. The van der Waals surface area contributed by atoms with E-state index < -0.39 is 0 Å². The van der Waals surface area contributed by atoms with Gasteiger partial charge in [0.05, 0.1) is 6.61 Å². The van der Waals surface area contributed by atoms with Crippen molar-refractivity contribution in [2.75, 3.05) is 32.1 Å². The van der Waals surface area contributed by atoms with Gasteiger partial charge in [0.25, 0.3) is 5.91 Å². The van der Waals surface area contributed by atoms with Gasteiger partial charge in [-0.05, 0) is 36.6 Å². The number of pyridine rings is 2. The van der Waals surface area contributed by atoms with E-state index in [2.05, 4.69) is 9.97 Å². The van der Waals surface area contributed by atoms with Crippen LogP contribution in [0, 0.1) is 0 Å². The molecule has 0 unspecified atom stereocenters. The molecule has 0 fully saturated rings. The molecule has 3 rings (SSSR count). The first-order valence-corrected chi connectivity index (χ1v) is 9.07. The van der Waals surface area contributed by atoms with Gasteiger partial charge in [-0.2, -0.15) is 0 Å². The summed E-state index contributed by atoms with van der Waals surface area (Å²) in [6.45, 7) is 2.90. The molecule has 1 aliphatic rings. The average molecular weight is 389 g/mol. The Morgan fingerprint density at radius 3 is 2.78 bits per heavy atom. The molecule has 0 spiro atoms. The number of fused-ring (bicyclic) bond motifs is 1. The van der Waals surface area contributed by atoms with E-state index in [0.717, 1.165) is 11.1 Å². The lowest BCUT2D eigenvalue weighted by atomic mass is 9.95. The predicted octanol–water partition coefficient (Wildman–Crippen LogP) is 2.57. The molecule has 7 nitrogen and oxygen atoms in total. The minimum absolute atomic E-state index is 0.197. The first-order chi connectivity index (χ1) is 12.9. The van der Waals surface area contributed by atoms with Crippen LogP contribution in [0.1, 0.15) is 38.9 Å². The fourth-order valence-corrected chi connectivity index (χ4v) is 3.31. The van der Waals surface area contributed by atoms with Crippen molar-refractivity contribution in [1.29, 1.82) is 0 Å². The summed E-state index contributed by atoms with van der Waals surface area (Å²) in [4.78, 5) is 37.3.